The van der Waals surface area contributed by atoms with Crippen LogP contribution >= 0.6 is 15.9 Å². The van der Waals surface area contributed by atoms with Crippen molar-refractivity contribution in [2.75, 3.05) is 6.61 Å². The fraction of sp³-hybridized carbons (Fsp3) is 0.222. The first-order valence-corrected chi connectivity index (χ1v) is 8.06. The van der Waals surface area contributed by atoms with Crippen LogP contribution < -0.4 is 4.74 Å². The first-order valence-electron chi connectivity index (χ1n) is 7.27. The average molecular weight is 358 g/mol. The van der Waals surface area contributed by atoms with Gasteiger partial charge in [0, 0.05) is 20.9 Å². The molecule has 0 bridgehead atoms. The summed E-state index contributed by atoms with van der Waals surface area (Å²) in [4.78, 5) is 0. The Balaban J connectivity index is 2.06. The van der Waals surface area contributed by atoms with Gasteiger partial charge in [0.25, 0.3) is 0 Å². The van der Waals surface area contributed by atoms with Gasteiger partial charge in [-0.2, -0.15) is 0 Å². The maximum absolute atomic E-state index is 10.6. The largest absolute Gasteiger partial charge is 0.490 e. The molecule has 1 aliphatic heterocycles. The minimum absolute atomic E-state index is 0.271. The molecule has 1 atom stereocenters. The summed E-state index contributed by atoms with van der Waals surface area (Å²) in [7, 11) is 0. The van der Waals surface area contributed by atoms with E-state index in [0.29, 0.717) is 6.54 Å². The van der Waals surface area contributed by atoms with Gasteiger partial charge in [-0.3, -0.25) is 0 Å². The number of aromatic nitrogens is 1. The Morgan fingerprint density at radius 2 is 2.00 bits per heavy atom. The highest BCUT2D eigenvalue weighted by molar-refractivity contribution is 9.10. The summed E-state index contributed by atoms with van der Waals surface area (Å²) in [5.41, 5.74) is 2.32. The highest BCUT2D eigenvalue weighted by atomic mass is 79.9. The van der Waals surface area contributed by atoms with E-state index in [2.05, 4.69) is 44.8 Å². The molecule has 3 nitrogen and oxygen atoms in total. The summed E-state index contributed by atoms with van der Waals surface area (Å²) in [5.74, 6) is 0.798. The van der Waals surface area contributed by atoms with Gasteiger partial charge in [0.1, 0.15) is 18.0 Å². The highest BCUT2D eigenvalue weighted by Gasteiger charge is 2.28. The van der Waals surface area contributed by atoms with E-state index >= 15 is 0 Å². The number of hydrogen-bond donors (Lipinski definition) is 1. The standard InChI is InChI=1S/C18H16BrNO2/c1-18(21)10-20-15-5-3-2-4-12(15)8-16(20)14-9-13(19)6-7-17(14)22-11-18/h2-9,21H,10-11H2,1H3. The lowest BCUT2D eigenvalue weighted by Gasteiger charge is -2.29. The van der Waals surface area contributed by atoms with E-state index in [-0.39, 0.29) is 6.61 Å². The van der Waals surface area contributed by atoms with Gasteiger partial charge in [-0.05, 0) is 37.3 Å². The molecule has 0 saturated carbocycles. The zero-order valence-electron chi connectivity index (χ0n) is 12.2. The van der Waals surface area contributed by atoms with Gasteiger partial charge in [0.2, 0.25) is 0 Å². The second kappa shape index (κ2) is 4.86. The molecule has 112 valence electrons. The molecular formula is C18H16BrNO2. The third kappa shape index (κ3) is 2.23. The van der Waals surface area contributed by atoms with Crippen LogP contribution in [0.15, 0.2) is 53.0 Å². The Morgan fingerprint density at radius 3 is 2.86 bits per heavy atom. The van der Waals surface area contributed by atoms with Gasteiger partial charge >= 0.3 is 0 Å². The fourth-order valence-corrected chi connectivity index (χ4v) is 3.41. The summed E-state index contributed by atoms with van der Waals surface area (Å²) >= 11 is 3.54. The molecule has 4 rings (SSSR count). The maximum Gasteiger partial charge on any atom is 0.128 e. The molecule has 0 radical (unpaired) electrons. The minimum atomic E-state index is -0.915. The summed E-state index contributed by atoms with van der Waals surface area (Å²) in [5, 5.41) is 11.8. The van der Waals surface area contributed by atoms with E-state index in [4.69, 9.17) is 4.74 Å². The SMILES string of the molecule is CC1(O)COc2ccc(Br)cc2-c2cc3ccccc3n2C1. The van der Waals surface area contributed by atoms with Crippen LogP contribution in [0.2, 0.25) is 0 Å². The lowest BCUT2D eigenvalue weighted by atomic mass is 10.1. The monoisotopic (exact) mass is 357 g/mol. The maximum atomic E-state index is 10.6. The molecule has 0 spiro atoms. The van der Waals surface area contributed by atoms with Crippen LogP contribution in [0.5, 0.6) is 5.75 Å². The number of ether oxygens (including phenoxy) is 1. The molecule has 0 amide bonds. The molecule has 22 heavy (non-hydrogen) atoms. The average Bonchev–Trinajstić information content (AvgIpc) is 2.83. The lowest BCUT2D eigenvalue weighted by Crippen LogP contribution is -2.38. The Bertz CT molecular complexity index is 867. The molecule has 1 aromatic heterocycles. The molecule has 0 fully saturated rings. The van der Waals surface area contributed by atoms with Gasteiger partial charge in [-0.15, -0.1) is 0 Å². The van der Waals surface area contributed by atoms with Gasteiger partial charge < -0.3 is 14.4 Å². The second-order valence-electron chi connectivity index (χ2n) is 6.10. The summed E-state index contributed by atoms with van der Waals surface area (Å²) in [6.07, 6.45) is 0. The number of nitrogens with zero attached hydrogens (tertiary/aromatic N) is 1. The van der Waals surface area contributed by atoms with Crippen LogP contribution in [0.3, 0.4) is 0 Å². The van der Waals surface area contributed by atoms with Crippen LogP contribution in [0.1, 0.15) is 6.92 Å². The second-order valence-corrected chi connectivity index (χ2v) is 7.02. The number of aliphatic hydroxyl groups is 1. The number of para-hydroxylation sites is 1. The molecule has 0 aliphatic carbocycles. The molecular weight excluding hydrogens is 342 g/mol. The van der Waals surface area contributed by atoms with Crippen LogP contribution in [-0.4, -0.2) is 21.9 Å². The van der Waals surface area contributed by atoms with E-state index < -0.39 is 5.60 Å². The predicted octanol–water partition coefficient (Wildman–Crippen LogP) is 4.21. The van der Waals surface area contributed by atoms with E-state index in [1.165, 1.54) is 5.39 Å². The van der Waals surface area contributed by atoms with Crippen molar-refractivity contribution >= 4 is 26.8 Å². The van der Waals surface area contributed by atoms with E-state index in [1.54, 1.807) is 0 Å². The predicted molar refractivity (Wildman–Crippen MR) is 91.2 cm³/mol. The number of halogens is 1. The lowest BCUT2D eigenvalue weighted by molar-refractivity contribution is -0.00290. The molecule has 1 aliphatic rings. The Labute approximate surface area is 137 Å². The Morgan fingerprint density at radius 1 is 1.18 bits per heavy atom. The summed E-state index contributed by atoms with van der Waals surface area (Å²) < 4.78 is 9.06. The zero-order valence-corrected chi connectivity index (χ0v) is 13.8. The molecule has 1 unspecified atom stereocenters. The fourth-order valence-electron chi connectivity index (χ4n) is 3.05. The first kappa shape index (κ1) is 13.9. The Hall–Kier alpha value is -1.78. The topological polar surface area (TPSA) is 34.4 Å². The number of fused-ring (bicyclic) bond motifs is 5. The molecule has 2 heterocycles. The van der Waals surface area contributed by atoms with Crippen LogP contribution in [0.4, 0.5) is 0 Å². The highest BCUT2D eigenvalue weighted by Crippen LogP contribution is 2.38. The van der Waals surface area contributed by atoms with Crippen molar-refractivity contribution in [1.29, 1.82) is 0 Å². The van der Waals surface area contributed by atoms with Crippen LogP contribution in [-0.2, 0) is 6.54 Å². The van der Waals surface area contributed by atoms with E-state index in [0.717, 1.165) is 27.0 Å². The smallest absolute Gasteiger partial charge is 0.128 e. The summed E-state index contributed by atoms with van der Waals surface area (Å²) in [6.45, 7) is 2.59. The van der Waals surface area contributed by atoms with Crippen molar-refractivity contribution in [3.05, 3.63) is 53.0 Å². The third-order valence-electron chi connectivity index (χ3n) is 4.07. The van der Waals surface area contributed by atoms with E-state index in [1.807, 2.05) is 31.2 Å². The van der Waals surface area contributed by atoms with Crippen molar-refractivity contribution in [2.45, 2.75) is 19.1 Å². The molecule has 1 N–H and O–H groups in total. The molecule has 4 heteroatoms. The van der Waals surface area contributed by atoms with Crippen LogP contribution in [0.25, 0.3) is 22.2 Å². The van der Waals surface area contributed by atoms with Crippen molar-refractivity contribution in [3.63, 3.8) is 0 Å². The zero-order chi connectivity index (χ0) is 15.3. The normalized spacial score (nSPS) is 20.7. The van der Waals surface area contributed by atoms with Crippen LogP contribution in [0, 0.1) is 0 Å². The third-order valence-corrected chi connectivity index (χ3v) is 4.56. The first-order chi connectivity index (χ1) is 10.5. The van der Waals surface area contributed by atoms with E-state index in [9.17, 15) is 5.11 Å². The minimum Gasteiger partial charge on any atom is -0.490 e. The van der Waals surface area contributed by atoms with Crippen molar-refractivity contribution in [1.82, 2.24) is 4.57 Å². The summed E-state index contributed by atoms with van der Waals surface area (Å²) in [6, 6.07) is 16.4. The Kier molecular flexibility index (Phi) is 3.06. The molecule has 2 aromatic carbocycles. The number of benzene rings is 2. The number of hydrogen-bond acceptors (Lipinski definition) is 2. The van der Waals surface area contributed by atoms with Gasteiger partial charge in [-0.25, -0.2) is 0 Å². The van der Waals surface area contributed by atoms with Crippen molar-refractivity contribution in [2.24, 2.45) is 0 Å². The quantitative estimate of drug-likeness (QED) is 0.653. The van der Waals surface area contributed by atoms with Crippen molar-refractivity contribution in [3.8, 4) is 17.0 Å². The number of rotatable bonds is 0. The van der Waals surface area contributed by atoms with Gasteiger partial charge in [0.15, 0.2) is 0 Å². The van der Waals surface area contributed by atoms with Crippen molar-refractivity contribution < 1.29 is 9.84 Å². The van der Waals surface area contributed by atoms with Gasteiger partial charge in [-0.1, -0.05) is 34.1 Å². The molecule has 3 aromatic rings. The van der Waals surface area contributed by atoms with Gasteiger partial charge in [0.05, 0.1) is 12.2 Å². The molecule has 0 saturated heterocycles.